The van der Waals surface area contributed by atoms with Crippen molar-refractivity contribution < 1.29 is 9.66 Å². The first-order valence-electron chi connectivity index (χ1n) is 6.81. The van der Waals surface area contributed by atoms with Gasteiger partial charge >= 0.3 is 5.69 Å². The van der Waals surface area contributed by atoms with Crippen LogP contribution >= 0.6 is 0 Å². The van der Waals surface area contributed by atoms with Gasteiger partial charge in [0.1, 0.15) is 5.75 Å². The van der Waals surface area contributed by atoms with E-state index >= 15 is 0 Å². The minimum Gasteiger partial charge on any atom is -0.450 e. The van der Waals surface area contributed by atoms with Gasteiger partial charge in [0.25, 0.3) is 0 Å². The summed E-state index contributed by atoms with van der Waals surface area (Å²) in [4.78, 5) is 10.8. The molecule has 2 rings (SSSR count). The van der Waals surface area contributed by atoms with E-state index in [9.17, 15) is 10.1 Å². The zero-order valence-electron chi connectivity index (χ0n) is 12.1. The number of nitro groups is 1. The van der Waals surface area contributed by atoms with Crippen LogP contribution in [0, 0.1) is 17.0 Å². The Morgan fingerprint density at radius 1 is 1.19 bits per heavy atom. The second-order valence-corrected chi connectivity index (χ2v) is 4.83. The van der Waals surface area contributed by atoms with Crippen LogP contribution in [-0.4, -0.2) is 4.92 Å². The number of para-hydroxylation sites is 2. The highest BCUT2D eigenvalue weighted by Gasteiger charge is 2.20. The van der Waals surface area contributed by atoms with Crippen molar-refractivity contribution in [1.82, 2.24) is 0 Å². The average molecular weight is 286 g/mol. The van der Waals surface area contributed by atoms with E-state index in [1.807, 2.05) is 25.1 Å². The van der Waals surface area contributed by atoms with Crippen molar-refractivity contribution >= 4 is 5.69 Å². The van der Waals surface area contributed by atoms with Crippen LogP contribution < -0.4 is 10.5 Å². The number of aryl methyl sites for hydroxylation is 1. The quantitative estimate of drug-likeness (QED) is 0.662. The third-order valence-corrected chi connectivity index (χ3v) is 3.36. The second-order valence-electron chi connectivity index (χ2n) is 4.83. The monoisotopic (exact) mass is 286 g/mol. The van der Waals surface area contributed by atoms with E-state index in [2.05, 4.69) is 0 Å². The lowest BCUT2D eigenvalue weighted by Crippen LogP contribution is -2.10. The van der Waals surface area contributed by atoms with Crippen LogP contribution in [0.1, 0.15) is 30.5 Å². The van der Waals surface area contributed by atoms with E-state index in [-0.39, 0.29) is 17.5 Å². The Kier molecular flexibility index (Phi) is 4.55. The molecule has 1 atom stereocenters. The maximum atomic E-state index is 11.2. The molecule has 21 heavy (non-hydrogen) atoms. The fraction of sp³-hybridized carbons (Fsp3) is 0.250. The SMILES string of the molecule is CC[C@@H](N)c1ccccc1Oc1cccc(C)c1[N+](=O)[O-]. The summed E-state index contributed by atoms with van der Waals surface area (Å²) in [6.45, 7) is 3.67. The predicted octanol–water partition coefficient (Wildman–Crippen LogP) is 4.11. The molecule has 2 aromatic carbocycles. The molecule has 110 valence electrons. The molecule has 2 N–H and O–H groups in total. The Bertz CT molecular complexity index is 656. The molecule has 0 heterocycles. The lowest BCUT2D eigenvalue weighted by molar-refractivity contribution is -0.386. The molecule has 0 aliphatic carbocycles. The van der Waals surface area contributed by atoms with E-state index in [4.69, 9.17) is 10.5 Å². The smallest absolute Gasteiger partial charge is 0.314 e. The summed E-state index contributed by atoms with van der Waals surface area (Å²) in [5, 5.41) is 11.2. The van der Waals surface area contributed by atoms with Crippen LogP contribution in [0.2, 0.25) is 0 Å². The standard InChI is InChI=1S/C16H18N2O3/c1-3-13(17)12-8-4-5-9-14(12)21-15-10-6-7-11(2)16(15)18(19)20/h4-10,13H,3,17H2,1-2H3/t13-/m1/s1. The fourth-order valence-corrected chi connectivity index (χ4v) is 2.17. The maximum Gasteiger partial charge on any atom is 0.314 e. The van der Waals surface area contributed by atoms with Gasteiger partial charge in [-0.15, -0.1) is 0 Å². The minimum atomic E-state index is -0.424. The molecule has 0 bridgehead atoms. The van der Waals surface area contributed by atoms with Crippen LogP contribution in [0.4, 0.5) is 5.69 Å². The molecule has 2 aromatic rings. The third kappa shape index (κ3) is 3.20. The number of rotatable bonds is 5. The van der Waals surface area contributed by atoms with Crippen LogP contribution in [0.3, 0.4) is 0 Å². The molecule has 0 aromatic heterocycles. The zero-order valence-corrected chi connectivity index (χ0v) is 12.1. The zero-order chi connectivity index (χ0) is 15.4. The highest BCUT2D eigenvalue weighted by atomic mass is 16.6. The second kappa shape index (κ2) is 6.37. The van der Waals surface area contributed by atoms with Gasteiger partial charge in [-0.25, -0.2) is 0 Å². The first kappa shape index (κ1) is 15.0. The maximum absolute atomic E-state index is 11.2. The van der Waals surface area contributed by atoms with Crippen molar-refractivity contribution in [3.8, 4) is 11.5 Å². The Balaban J connectivity index is 2.44. The number of nitrogens with zero attached hydrogens (tertiary/aromatic N) is 1. The molecule has 0 aliphatic rings. The molecule has 0 spiro atoms. The summed E-state index contributed by atoms with van der Waals surface area (Å²) in [6, 6.07) is 12.2. The number of ether oxygens (including phenoxy) is 1. The average Bonchev–Trinajstić information content (AvgIpc) is 2.46. The highest BCUT2D eigenvalue weighted by Crippen LogP contribution is 2.36. The first-order chi connectivity index (χ1) is 10.0. The first-order valence-corrected chi connectivity index (χ1v) is 6.81. The van der Waals surface area contributed by atoms with Gasteiger partial charge in [0.15, 0.2) is 0 Å². The van der Waals surface area contributed by atoms with Gasteiger partial charge < -0.3 is 10.5 Å². The van der Waals surface area contributed by atoms with Crippen molar-refractivity contribution in [2.75, 3.05) is 0 Å². The normalized spacial score (nSPS) is 12.0. The van der Waals surface area contributed by atoms with E-state index in [0.29, 0.717) is 11.3 Å². The van der Waals surface area contributed by atoms with E-state index < -0.39 is 4.92 Å². The molecule has 5 heteroatoms. The van der Waals surface area contributed by atoms with E-state index in [1.165, 1.54) is 0 Å². The lowest BCUT2D eigenvalue weighted by Gasteiger charge is -2.15. The highest BCUT2D eigenvalue weighted by molar-refractivity contribution is 5.54. The Morgan fingerprint density at radius 3 is 2.52 bits per heavy atom. The van der Waals surface area contributed by atoms with Crippen LogP contribution in [-0.2, 0) is 0 Å². The Morgan fingerprint density at radius 2 is 1.86 bits per heavy atom. The summed E-state index contributed by atoms with van der Waals surface area (Å²) in [6.07, 6.45) is 0.760. The summed E-state index contributed by atoms with van der Waals surface area (Å²) >= 11 is 0. The molecule has 0 amide bonds. The molecule has 5 nitrogen and oxygen atoms in total. The van der Waals surface area contributed by atoms with Gasteiger partial charge in [-0.1, -0.05) is 37.3 Å². The van der Waals surface area contributed by atoms with E-state index in [0.717, 1.165) is 12.0 Å². The minimum absolute atomic E-state index is 0.0163. The predicted molar refractivity (Wildman–Crippen MR) is 81.6 cm³/mol. The lowest BCUT2D eigenvalue weighted by atomic mass is 10.0. The van der Waals surface area contributed by atoms with Crippen molar-refractivity contribution in [3.63, 3.8) is 0 Å². The van der Waals surface area contributed by atoms with Crippen LogP contribution in [0.5, 0.6) is 11.5 Å². The van der Waals surface area contributed by atoms with Crippen molar-refractivity contribution in [2.45, 2.75) is 26.3 Å². The van der Waals surface area contributed by atoms with Crippen molar-refractivity contribution in [2.24, 2.45) is 5.73 Å². The molecule has 0 fully saturated rings. The topological polar surface area (TPSA) is 78.4 Å². The number of benzene rings is 2. The van der Waals surface area contributed by atoms with Gasteiger partial charge in [0, 0.05) is 17.2 Å². The molecule has 0 radical (unpaired) electrons. The van der Waals surface area contributed by atoms with Gasteiger partial charge in [-0.2, -0.15) is 0 Å². The fourth-order valence-electron chi connectivity index (χ4n) is 2.17. The number of hydrogen-bond donors (Lipinski definition) is 1. The van der Waals surface area contributed by atoms with Gasteiger partial charge in [-0.05, 0) is 25.5 Å². The molecule has 0 unspecified atom stereocenters. The molecule has 0 saturated carbocycles. The van der Waals surface area contributed by atoms with Crippen LogP contribution in [0.15, 0.2) is 42.5 Å². The Labute approximate surface area is 123 Å². The molecule has 0 aliphatic heterocycles. The van der Waals surface area contributed by atoms with Crippen molar-refractivity contribution in [3.05, 3.63) is 63.7 Å². The summed E-state index contributed by atoms with van der Waals surface area (Å²) in [7, 11) is 0. The third-order valence-electron chi connectivity index (χ3n) is 3.36. The summed E-state index contributed by atoms with van der Waals surface area (Å²) in [5.74, 6) is 0.788. The molecule has 0 saturated heterocycles. The molecular formula is C16H18N2O3. The van der Waals surface area contributed by atoms with Gasteiger partial charge in [0.2, 0.25) is 5.75 Å². The number of nitrogens with two attached hydrogens (primary N) is 1. The number of hydrogen-bond acceptors (Lipinski definition) is 4. The summed E-state index contributed by atoms with van der Waals surface area (Å²) < 4.78 is 5.78. The van der Waals surface area contributed by atoms with Crippen molar-refractivity contribution in [1.29, 1.82) is 0 Å². The Hall–Kier alpha value is -2.40. The van der Waals surface area contributed by atoms with E-state index in [1.54, 1.807) is 31.2 Å². The number of nitro benzene ring substituents is 1. The van der Waals surface area contributed by atoms with Crippen LogP contribution in [0.25, 0.3) is 0 Å². The molecular weight excluding hydrogens is 268 g/mol. The van der Waals surface area contributed by atoms with Gasteiger partial charge in [0.05, 0.1) is 4.92 Å². The summed E-state index contributed by atoms with van der Waals surface area (Å²) in [5.41, 5.74) is 7.45. The van der Waals surface area contributed by atoms with Gasteiger partial charge in [-0.3, -0.25) is 10.1 Å². The largest absolute Gasteiger partial charge is 0.450 e.